The van der Waals surface area contributed by atoms with Gasteiger partial charge in [0, 0.05) is 15.7 Å². The van der Waals surface area contributed by atoms with Gasteiger partial charge in [-0.15, -0.1) is 0 Å². The number of benzene rings is 3. The Labute approximate surface area is 254 Å². The fourth-order valence-corrected chi connectivity index (χ4v) is 6.76. The lowest BCUT2D eigenvalue weighted by molar-refractivity contribution is -0.131. The van der Waals surface area contributed by atoms with Crippen molar-refractivity contribution in [3.05, 3.63) is 94.2 Å². The summed E-state index contributed by atoms with van der Waals surface area (Å²) < 4.78 is 27.9. The molecule has 4 nitrogen and oxygen atoms in total. The van der Waals surface area contributed by atoms with Gasteiger partial charge in [0.1, 0.15) is 11.6 Å². The van der Waals surface area contributed by atoms with Crippen LogP contribution in [-0.2, 0) is 9.22 Å². The third-order valence-corrected chi connectivity index (χ3v) is 13.5. The first-order chi connectivity index (χ1) is 19.4. The number of hydrogen-bond acceptors (Lipinski definition) is 3. The van der Waals surface area contributed by atoms with Gasteiger partial charge in [-0.3, -0.25) is 4.79 Å². The molecule has 41 heavy (non-hydrogen) atoms. The highest BCUT2D eigenvalue weighted by Gasteiger charge is 2.50. The number of hydrogen-bond donors (Lipinski definition) is 0. The molecule has 0 aromatic heterocycles. The standard InChI is InChI=1S/C34H43BrFNO3Si/c1-7-8-22-39-31-23-25(35)16-19-28(31)32-29(33(38)37(32)27-12-10-9-11-13-27)20-21-30(24-14-17-26(36)18-15-24)40-41(5,6)34(2,3)4/h9-19,23,29-30,32H,7-8,20-22H2,1-6H3/t29-,30+,32-/m1/s1. The maximum atomic E-state index is 13.8. The molecular weight excluding hydrogens is 597 g/mol. The van der Waals surface area contributed by atoms with E-state index in [-0.39, 0.29) is 34.8 Å². The van der Waals surface area contributed by atoms with Crippen molar-refractivity contribution in [1.82, 2.24) is 0 Å². The number of β-lactam (4-membered cyclic amide) rings is 1. The number of halogens is 2. The predicted octanol–water partition coefficient (Wildman–Crippen LogP) is 10.0. The summed E-state index contributed by atoms with van der Waals surface area (Å²) in [5, 5.41) is 0.0202. The summed E-state index contributed by atoms with van der Waals surface area (Å²) >= 11 is 3.61. The van der Waals surface area contributed by atoms with E-state index < -0.39 is 8.32 Å². The number of unbranched alkanes of at least 4 members (excludes halogenated alkanes) is 1. The Balaban J connectivity index is 1.66. The summed E-state index contributed by atoms with van der Waals surface area (Å²) in [5.41, 5.74) is 2.85. The fourth-order valence-electron chi connectivity index (χ4n) is 5.10. The maximum absolute atomic E-state index is 13.8. The van der Waals surface area contributed by atoms with Gasteiger partial charge < -0.3 is 14.1 Å². The molecule has 1 aliphatic heterocycles. The number of ether oxygens (including phenoxy) is 1. The van der Waals surface area contributed by atoms with E-state index in [4.69, 9.17) is 9.16 Å². The van der Waals surface area contributed by atoms with E-state index in [2.05, 4.69) is 62.8 Å². The lowest BCUT2D eigenvalue weighted by Gasteiger charge is -2.48. The van der Waals surface area contributed by atoms with Crippen molar-refractivity contribution >= 4 is 35.8 Å². The summed E-state index contributed by atoms with van der Waals surface area (Å²) in [5.74, 6) is 0.423. The average molecular weight is 641 g/mol. The molecule has 1 amide bonds. The van der Waals surface area contributed by atoms with Crippen LogP contribution in [0.5, 0.6) is 5.75 Å². The Bertz CT molecular complexity index is 1310. The molecule has 1 saturated heterocycles. The number of nitrogens with zero attached hydrogens (tertiary/aromatic N) is 1. The van der Waals surface area contributed by atoms with Gasteiger partial charge in [0.05, 0.1) is 24.7 Å². The van der Waals surface area contributed by atoms with Gasteiger partial charge in [0.15, 0.2) is 8.32 Å². The molecule has 1 fully saturated rings. The zero-order valence-corrected chi connectivity index (χ0v) is 27.7. The Morgan fingerprint density at radius 2 is 1.71 bits per heavy atom. The number of rotatable bonds is 12. The number of anilines is 1. The first-order valence-electron chi connectivity index (χ1n) is 14.7. The van der Waals surface area contributed by atoms with Crippen LogP contribution in [0.3, 0.4) is 0 Å². The van der Waals surface area contributed by atoms with Gasteiger partial charge in [-0.05, 0) is 79.4 Å². The third-order valence-electron chi connectivity index (χ3n) is 8.52. The Hall–Kier alpha value is -2.48. The number of para-hydroxylation sites is 1. The summed E-state index contributed by atoms with van der Waals surface area (Å²) in [6.45, 7) is 13.9. The van der Waals surface area contributed by atoms with E-state index in [0.29, 0.717) is 19.4 Å². The zero-order valence-electron chi connectivity index (χ0n) is 25.1. The molecule has 3 aromatic rings. The van der Waals surface area contributed by atoms with Gasteiger partial charge in [0.25, 0.3) is 0 Å². The molecule has 1 aliphatic rings. The monoisotopic (exact) mass is 639 g/mol. The minimum Gasteiger partial charge on any atom is -0.493 e. The normalized spacial score (nSPS) is 18.2. The molecule has 0 unspecified atom stereocenters. The van der Waals surface area contributed by atoms with Crippen LogP contribution < -0.4 is 9.64 Å². The molecule has 0 bridgehead atoms. The van der Waals surface area contributed by atoms with E-state index in [9.17, 15) is 9.18 Å². The molecular formula is C34H43BrFNO3Si. The fraction of sp³-hybridized carbons (Fsp3) is 0.441. The van der Waals surface area contributed by atoms with Crippen molar-refractivity contribution in [1.29, 1.82) is 0 Å². The minimum absolute atomic E-state index is 0.0202. The van der Waals surface area contributed by atoms with Crippen molar-refractivity contribution in [3.63, 3.8) is 0 Å². The van der Waals surface area contributed by atoms with Gasteiger partial charge in [0.2, 0.25) is 5.91 Å². The van der Waals surface area contributed by atoms with Gasteiger partial charge in [-0.25, -0.2) is 4.39 Å². The molecule has 3 aromatic carbocycles. The molecule has 0 saturated carbocycles. The maximum Gasteiger partial charge on any atom is 0.233 e. The molecule has 1 heterocycles. The van der Waals surface area contributed by atoms with E-state index in [0.717, 1.165) is 39.9 Å². The predicted molar refractivity (Wildman–Crippen MR) is 171 cm³/mol. The Kier molecular flexibility index (Phi) is 10.1. The summed E-state index contributed by atoms with van der Waals surface area (Å²) in [7, 11) is -2.14. The van der Waals surface area contributed by atoms with Gasteiger partial charge >= 0.3 is 0 Å². The van der Waals surface area contributed by atoms with Crippen molar-refractivity contribution < 1.29 is 18.3 Å². The van der Waals surface area contributed by atoms with Crippen LogP contribution in [0.2, 0.25) is 18.1 Å². The molecule has 7 heteroatoms. The lowest BCUT2D eigenvalue weighted by atomic mass is 9.78. The first-order valence-corrected chi connectivity index (χ1v) is 18.4. The highest BCUT2D eigenvalue weighted by molar-refractivity contribution is 9.10. The van der Waals surface area contributed by atoms with Gasteiger partial charge in [-0.2, -0.15) is 0 Å². The molecule has 4 rings (SSSR count). The average Bonchev–Trinajstić information content (AvgIpc) is 2.92. The Morgan fingerprint density at radius 1 is 1.02 bits per heavy atom. The largest absolute Gasteiger partial charge is 0.493 e. The summed E-state index contributed by atoms with van der Waals surface area (Å²) in [6.07, 6.45) is 3.10. The molecule has 3 atom stereocenters. The van der Waals surface area contributed by atoms with Crippen LogP contribution in [0, 0.1) is 11.7 Å². The lowest BCUT2D eigenvalue weighted by Crippen LogP contribution is -2.55. The second kappa shape index (κ2) is 13.2. The van der Waals surface area contributed by atoms with Crippen LogP contribution >= 0.6 is 15.9 Å². The molecule has 0 aliphatic carbocycles. The highest BCUT2D eigenvalue weighted by Crippen LogP contribution is 2.50. The van der Waals surface area contributed by atoms with E-state index >= 15 is 0 Å². The summed E-state index contributed by atoms with van der Waals surface area (Å²) in [4.78, 5) is 15.7. The van der Waals surface area contributed by atoms with Crippen LogP contribution in [0.4, 0.5) is 10.1 Å². The van der Waals surface area contributed by atoms with Crippen molar-refractivity contribution in [2.45, 2.75) is 83.7 Å². The third kappa shape index (κ3) is 7.30. The SMILES string of the molecule is CCCCOc1cc(Br)ccc1[C@@H]1[C@@H](CC[C@H](O[Si](C)(C)C(C)(C)C)c2ccc(F)cc2)C(=O)N1c1ccccc1. The second-order valence-corrected chi connectivity index (χ2v) is 18.1. The highest BCUT2D eigenvalue weighted by atomic mass is 79.9. The molecule has 0 N–H and O–H groups in total. The quantitative estimate of drug-likeness (QED) is 0.112. The van der Waals surface area contributed by atoms with E-state index in [1.54, 1.807) is 0 Å². The first kappa shape index (κ1) is 31.5. The second-order valence-electron chi connectivity index (χ2n) is 12.5. The molecule has 0 spiro atoms. The van der Waals surface area contributed by atoms with Gasteiger partial charge in [-0.1, -0.05) is 86.4 Å². The topological polar surface area (TPSA) is 38.8 Å². The van der Waals surface area contributed by atoms with E-state index in [1.165, 1.54) is 12.1 Å². The van der Waals surface area contributed by atoms with Crippen LogP contribution in [0.15, 0.2) is 77.3 Å². The van der Waals surface area contributed by atoms with Crippen LogP contribution in [0.25, 0.3) is 0 Å². The Morgan fingerprint density at radius 3 is 2.34 bits per heavy atom. The number of carbonyl (C=O) groups is 1. The van der Waals surface area contributed by atoms with Crippen molar-refractivity contribution in [2.24, 2.45) is 5.92 Å². The van der Waals surface area contributed by atoms with Crippen molar-refractivity contribution in [2.75, 3.05) is 11.5 Å². The smallest absolute Gasteiger partial charge is 0.233 e. The minimum atomic E-state index is -2.14. The molecule has 0 radical (unpaired) electrons. The zero-order chi connectivity index (χ0) is 29.8. The molecule has 220 valence electrons. The van der Waals surface area contributed by atoms with Crippen LogP contribution in [0.1, 0.15) is 76.7 Å². The van der Waals surface area contributed by atoms with Crippen molar-refractivity contribution in [3.8, 4) is 5.75 Å². The number of carbonyl (C=O) groups excluding carboxylic acids is 1. The van der Waals surface area contributed by atoms with Crippen LogP contribution in [-0.4, -0.2) is 20.8 Å². The van der Waals surface area contributed by atoms with E-state index in [1.807, 2.05) is 59.5 Å². The number of amides is 1. The summed E-state index contributed by atoms with van der Waals surface area (Å²) in [6, 6.07) is 22.4.